The van der Waals surface area contributed by atoms with Crippen LogP contribution in [0.1, 0.15) is 6.42 Å². The van der Waals surface area contributed by atoms with Gasteiger partial charge in [0.15, 0.2) is 5.82 Å². The molecule has 0 atom stereocenters. The molecule has 0 saturated heterocycles. The molecular weight excluding hydrogens is 362 g/mol. The Bertz CT molecular complexity index is 1150. The van der Waals surface area contributed by atoms with Crippen molar-refractivity contribution in [3.63, 3.8) is 0 Å². The Balaban J connectivity index is 1.41. The smallest absolute Gasteiger partial charge is 0.261 e. The first-order valence-corrected chi connectivity index (χ1v) is 9.11. The number of fused-ring (bicyclic) bond motifs is 1. The molecule has 27 heavy (non-hydrogen) atoms. The largest absolute Gasteiger partial charge is 0.301 e. The van der Waals surface area contributed by atoms with Crippen molar-refractivity contribution >= 4 is 33.5 Å². The number of carbonyl (C=O) groups is 1. The summed E-state index contributed by atoms with van der Waals surface area (Å²) in [5, 5.41) is 3.70. The third-order valence-electron chi connectivity index (χ3n) is 4.02. The minimum atomic E-state index is -0.231. The minimum absolute atomic E-state index is 0.139. The summed E-state index contributed by atoms with van der Waals surface area (Å²) < 4.78 is 5.70. The van der Waals surface area contributed by atoms with Gasteiger partial charge in [-0.3, -0.25) is 14.2 Å². The van der Waals surface area contributed by atoms with Crippen molar-refractivity contribution in [1.29, 1.82) is 0 Å². The lowest BCUT2D eigenvalue weighted by molar-refractivity contribution is -0.116. The molecule has 0 aliphatic carbocycles. The van der Waals surface area contributed by atoms with Crippen LogP contribution in [-0.2, 0) is 11.3 Å². The monoisotopic (exact) mass is 377 g/mol. The second-order valence-electron chi connectivity index (χ2n) is 5.85. The molecule has 1 amide bonds. The van der Waals surface area contributed by atoms with Crippen molar-refractivity contribution in [3.05, 3.63) is 71.3 Å². The Hall–Kier alpha value is -3.39. The fourth-order valence-electron chi connectivity index (χ4n) is 2.65. The van der Waals surface area contributed by atoms with Crippen LogP contribution in [0.2, 0.25) is 0 Å². The van der Waals surface area contributed by atoms with Gasteiger partial charge in [0.05, 0.1) is 17.2 Å². The van der Waals surface area contributed by atoms with Gasteiger partial charge in [0.1, 0.15) is 0 Å². The molecule has 1 N–H and O–H groups in total. The number of aromatic nitrogens is 4. The lowest BCUT2D eigenvalue weighted by atomic mass is 10.2. The fourth-order valence-corrected chi connectivity index (χ4v) is 3.25. The summed E-state index contributed by atoms with van der Waals surface area (Å²) in [5.74, 6) is 0.344. The summed E-state index contributed by atoms with van der Waals surface area (Å²) in [6.45, 7) is 0.243. The van der Waals surface area contributed by atoms with E-state index < -0.39 is 0 Å². The molecule has 4 aromatic rings. The SMILES string of the molecule is O=C(CCn1cnc2ccccc2c1=O)Nc1nc(-c2ccccc2)ns1. The van der Waals surface area contributed by atoms with Crippen molar-refractivity contribution in [3.8, 4) is 11.4 Å². The average Bonchev–Trinajstić information content (AvgIpc) is 3.17. The van der Waals surface area contributed by atoms with Crippen LogP contribution in [0.15, 0.2) is 65.7 Å². The predicted octanol–water partition coefficient (Wildman–Crippen LogP) is 2.94. The third kappa shape index (κ3) is 3.75. The molecule has 2 heterocycles. The Morgan fingerprint density at radius 2 is 1.85 bits per heavy atom. The van der Waals surface area contributed by atoms with Gasteiger partial charge >= 0.3 is 0 Å². The molecule has 0 fully saturated rings. The third-order valence-corrected chi connectivity index (χ3v) is 4.65. The molecule has 0 radical (unpaired) electrons. The quantitative estimate of drug-likeness (QED) is 0.577. The molecule has 7 nitrogen and oxygen atoms in total. The van der Waals surface area contributed by atoms with Gasteiger partial charge in [-0.25, -0.2) is 4.98 Å². The van der Waals surface area contributed by atoms with E-state index in [1.807, 2.05) is 36.4 Å². The molecule has 8 heteroatoms. The molecule has 0 aliphatic rings. The number of amides is 1. The number of nitrogens with one attached hydrogen (secondary N) is 1. The number of benzene rings is 2. The lowest BCUT2D eigenvalue weighted by Gasteiger charge is -2.06. The highest BCUT2D eigenvalue weighted by Crippen LogP contribution is 2.20. The molecule has 0 aliphatic heterocycles. The highest BCUT2D eigenvalue weighted by Gasteiger charge is 2.10. The molecule has 0 unspecified atom stereocenters. The summed E-state index contributed by atoms with van der Waals surface area (Å²) in [4.78, 5) is 33.2. The summed E-state index contributed by atoms with van der Waals surface area (Å²) in [6.07, 6.45) is 1.61. The van der Waals surface area contributed by atoms with E-state index >= 15 is 0 Å². The second-order valence-corrected chi connectivity index (χ2v) is 6.60. The van der Waals surface area contributed by atoms with Gasteiger partial charge in [-0.1, -0.05) is 42.5 Å². The van der Waals surface area contributed by atoms with Crippen LogP contribution >= 0.6 is 11.5 Å². The van der Waals surface area contributed by atoms with Crippen molar-refractivity contribution in [2.45, 2.75) is 13.0 Å². The number of nitrogens with zero attached hydrogens (tertiary/aromatic N) is 4. The second kappa shape index (κ2) is 7.46. The van der Waals surface area contributed by atoms with E-state index in [1.165, 1.54) is 10.9 Å². The summed E-state index contributed by atoms with van der Waals surface area (Å²) in [6, 6.07) is 16.7. The van der Waals surface area contributed by atoms with Crippen LogP contribution in [0.4, 0.5) is 5.13 Å². The van der Waals surface area contributed by atoms with Gasteiger partial charge in [-0.05, 0) is 12.1 Å². The number of rotatable bonds is 5. The van der Waals surface area contributed by atoms with E-state index in [0.29, 0.717) is 21.9 Å². The molecular formula is C19H15N5O2S. The topological polar surface area (TPSA) is 89.8 Å². The Kier molecular flexibility index (Phi) is 4.71. The lowest BCUT2D eigenvalue weighted by Crippen LogP contribution is -2.23. The van der Waals surface area contributed by atoms with Crippen LogP contribution < -0.4 is 10.9 Å². The number of aryl methyl sites for hydroxylation is 1. The standard InChI is InChI=1S/C19H15N5O2S/c25-16(21-19-22-17(23-27-19)13-6-2-1-3-7-13)10-11-24-12-20-15-9-5-4-8-14(15)18(24)26/h1-9,12H,10-11H2,(H,21,22,23,25). The van der Waals surface area contributed by atoms with Gasteiger partial charge in [0.2, 0.25) is 11.0 Å². The molecule has 0 spiro atoms. The van der Waals surface area contributed by atoms with Gasteiger partial charge in [-0.15, -0.1) is 0 Å². The molecule has 134 valence electrons. The van der Waals surface area contributed by atoms with Crippen molar-refractivity contribution in [1.82, 2.24) is 18.9 Å². The molecule has 0 bridgehead atoms. The Labute approximate surface area is 158 Å². The minimum Gasteiger partial charge on any atom is -0.301 e. The van der Waals surface area contributed by atoms with Crippen LogP contribution in [-0.4, -0.2) is 24.8 Å². The maximum atomic E-state index is 12.4. The maximum absolute atomic E-state index is 12.4. The Morgan fingerprint density at radius 1 is 1.07 bits per heavy atom. The zero-order valence-electron chi connectivity index (χ0n) is 14.2. The van der Waals surface area contributed by atoms with Gasteiger partial charge in [-0.2, -0.15) is 9.36 Å². The summed E-state index contributed by atoms with van der Waals surface area (Å²) in [7, 11) is 0. The number of carbonyl (C=O) groups excluding carboxylic acids is 1. The first kappa shape index (κ1) is 17.0. The van der Waals surface area contributed by atoms with Crippen molar-refractivity contribution in [2.24, 2.45) is 0 Å². The number of anilines is 1. The summed E-state index contributed by atoms with van der Waals surface area (Å²) >= 11 is 1.13. The number of hydrogen-bond donors (Lipinski definition) is 1. The highest BCUT2D eigenvalue weighted by atomic mass is 32.1. The predicted molar refractivity (Wildman–Crippen MR) is 105 cm³/mol. The van der Waals surface area contributed by atoms with E-state index in [-0.39, 0.29) is 24.4 Å². The zero-order valence-corrected chi connectivity index (χ0v) is 15.0. The molecule has 2 aromatic heterocycles. The number of hydrogen-bond acceptors (Lipinski definition) is 6. The highest BCUT2D eigenvalue weighted by molar-refractivity contribution is 7.10. The average molecular weight is 377 g/mol. The van der Waals surface area contributed by atoms with Crippen LogP contribution in [0.5, 0.6) is 0 Å². The maximum Gasteiger partial charge on any atom is 0.261 e. The van der Waals surface area contributed by atoms with Crippen molar-refractivity contribution in [2.75, 3.05) is 5.32 Å². The zero-order chi connectivity index (χ0) is 18.6. The Morgan fingerprint density at radius 3 is 2.70 bits per heavy atom. The van der Waals surface area contributed by atoms with Crippen LogP contribution in [0.25, 0.3) is 22.3 Å². The fraction of sp³-hybridized carbons (Fsp3) is 0.105. The molecule has 2 aromatic carbocycles. The molecule has 4 rings (SSSR count). The van der Waals surface area contributed by atoms with E-state index in [0.717, 1.165) is 17.1 Å². The van der Waals surface area contributed by atoms with Crippen LogP contribution in [0, 0.1) is 0 Å². The first-order chi connectivity index (χ1) is 13.2. The van der Waals surface area contributed by atoms with E-state index in [2.05, 4.69) is 19.7 Å². The van der Waals surface area contributed by atoms with Gasteiger partial charge in [0, 0.05) is 30.1 Å². The van der Waals surface area contributed by atoms with E-state index in [9.17, 15) is 9.59 Å². The van der Waals surface area contributed by atoms with E-state index in [4.69, 9.17) is 0 Å². The van der Waals surface area contributed by atoms with E-state index in [1.54, 1.807) is 18.2 Å². The van der Waals surface area contributed by atoms with Gasteiger partial charge in [0.25, 0.3) is 5.56 Å². The molecule has 0 saturated carbocycles. The number of para-hydroxylation sites is 1. The first-order valence-electron chi connectivity index (χ1n) is 8.34. The summed E-state index contributed by atoms with van der Waals surface area (Å²) in [5.41, 5.74) is 1.38. The van der Waals surface area contributed by atoms with Crippen LogP contribution in [0.3, 0.4) is 0 Å². The normalized spacial score (nSPS) is 10.8. The van der Waals surface area contributed by atoms with Gasteiger partial charge < -0.3 is 5.32 Å². The van der Waals surface area contributed by atoms with Crippen molar-refractivity contribution < 1.29 is 4.79 Å².